The molecule has 0 spiro atoms. The van der Waals surface area contributed by atoms with Gasteiger partial charge in [-0.2, -0.15) is 0 Å². The number of amides is 3. The largest absolute Gasteiger partial charge is 0.495 e. The molecule has 0 saturated heterocycles. The standard InChI is InChI=1S/C16H23N3O5/c1-5-19(15(21)11-18(2)16(22)24-4)10-14(20)17-12-8-6-7-9-13(12)23-3/h6-9H,5,10-11H2,1-4H3,(H,17,20). The van der Waals surface area contributed by atoms with Gasteiger partial charge in [0.25, 0.3) is 0 Å². The maximum atomic E-state index is 12.2. The maximum Gasteiger partial charge on any atom is 0.409 e. The Kier molecular flexibility index (Phi) is 7.54. The average molecular weight is 337 g/mol. The molecule has 1 aromatic rings. The number of hydrogen-bond donors (Lipinski definition) is 1. The minimum Gasteiger partial charge on any atom is -0.495 e. The van der Waals surface area contributed by atoms with E-state index in [0.717, 1.165) is 4.90 Å². The monoisotopic (exact) mass is 337 g/mol. The van der Waals surface area contributed by atoms with E-state index in [0.29, 0.717) is 18.0 Å². The van der Waals surface area contributed by atoms with Gasteiger partial charge in [-0.1, -0.05) is 12.1 Å². The summed E-state index contributed by atoms with van der Waals surface area (Å²) in [7, 11) is 4.20. The van der Waals surface area contributed by atoms with Crippen LogP contribution in [-0.2, 0) is 14.3 Å². The molecule has 0 aromatic heterocycles. The first kappa shape index (κ1) is 19.3. The van der Waals surface area contributed by atoms with Crippen molar-refractivity contribution in [3.63, 3.8) is 0 Å². The van der Waals surface area contributed by atoms with Gasteiger partial charge >= 0.3 is 6.09 Å². The second kappa shape index (κ2) is 9.39. The molecule has 24 heavy (non-hydrogen) atoms. The van der Waals surface area contributed by atoms with Gasteiger partial charge < -0.3 is 24.6 Å². The first-order valence-electron chi connectivity index (χ1n) is 7.42. The van der Waals surface area contributed by atoms with Crippen LogP contribution >= 0.6 is 0 Å². The summed E-state index contributed by atoms with van der Waals surface area (Å²) in [4.78, 5) is 38.2. The van der Waals surface area contributed by atoms with Crippen molar-refractivity contribution in [3.8, 4) is 5.75 Å². The predicted molar refractivity (Wildman–Crippen MR) is 88.9 cm³/mol. The molecule has 132 valence electrons. The molecule has 0 heterocycles. The molecule has 8 heteroatoms. The molecule has 0 fully saturated rings. The summed E-state index contributed by atoms with van der Waals surface area (Å²) in [5.41, 5.74) is 0.528. The third kappa shape index (κ3) is 5.45. The molecule has 3 amide bonds. The molecule has 0 radical (unpaired) electrons. The molecule has 0 atom stereocenters. The SMILES string of the molecule is CCN(CC(=O)Nc1ccccc1OC)C(=O)CN(C)C(=O)OC. The molecular formula is C16H23N3O5. The minimum atomic E-state index is -0.613. The summed E-state index contributed by atoms with van der Waals surface area (Å²) >= 11 is 0. The first-order chi connectivity index (χ1) is 11.4. The molecule has 1 rings (SSSR count). The predicted octanol–water partition coefficient (Wildman–Crippen LogP) is 1.18. The maximum absolute atomic E-state index is 12.2. The van der Waals surface area contributed by atoms with Crippen LogP contribution < -0.4 is 10.1 Å². The van der Waals surface area contributed by atoms with E-state index < -0.39 is 6.09 Å². The van der Waals surface area contributed by atoms with Gasteiger partial charge in [-0.25, -0.2) is 4.79 Å². The Morgan fingerprint density at radius 3 is 2.38 bits per heavy atom. The van der Waals surface area contributed by atoms with E-state index in [-0.39, 0.29) is 24.9 Å². The highest BCUT2D eigenvalue weighted by atomic mass is 16.5. The van der Waals surface area contributed by atoms with Gasteiger partial charge in [0.05, 0.1) is 26.5 Å². The Hall–Kier alpha value is -2.77. The van der Waals surface area contributed by atoms with E-state index in [1.54, 1.807) is 31.2 Å². The van der Waals surface area contributed by atoms with E-state index >= 15 is 0 Å². The van der Waals surface area contributed by atoms with Crippen molar-refractivity contribution < 1.29 is 23.9 Å². The Morgan fingerprint density at radius 2 is 1.79 bits per heavy atom. The van der Waals surface area contributed by atoms with Crippen LogP contribution in [0.15, 0.2) is 24.3 Å². The zero-order chi connectivity index (χ0) is 18.1. The van der Waals surface area contributed by atoms with E-state index in [2.05, 4.69) is 10.1 Å². The highest BCUT2D eigenvalue weighted by Gasteiger charge is 2.20. The summed E-state index contributed by atoms with van der Waals surface area (Å²) in [6.45, 7) is 1.81. The number of para-hydroxylation sites is 2. The van der Waals surface area contributed by atoms with Gasteiger partial charge in [0.15, 0.2) is 0 Å². The first-order valence-corrected chi connectivity index (χ1v) is 7.42. The Morgan fingerprint density at radius 1 is 1.12 bits per heavy atom. The van der Waals surface area contributed by atoms with Gasteiger partial charge in [-0.3, -0.25) is 9.59 Å². The van der Waals surface area contributed by atoms with Crippen LogP contribution in [0.5, 0.6) is 5.75 Å². The molecule has 0 aliphatic rings. The van der Waals surface area contributed by atoms with E-state index in [1.807, 2.05) is 0 Å². The van der Waals surface area contributed by atoms with E-state index in [4.69, 9.17) is 4.74 Å². The summed E-state index contributed by atoms with van der Waals surface area (Å²) < 4.78 is 9.70. The number of nitrogens with one attached hydrogen (secondary N) is 1. The number of hydrogen-bond acceptors (Lipinski definition) is 5. The molecule has 0 unspecified atom stereocenters. The van der Waals surface area contributed by atoms with Crippen molar-refractivity contribution in [1.82, 2.24) is 9.80 Å². The molecule has 0 aliphatic carbocycles. The number of carbonyl (C=O) groups excluding carboxylic acids is 3. The van der Waals surface area contributed by atoms with Crippen molar-refractivity contribution in [2.75, 3.05) is 46.2 Å². The van der Waals surface area contributed by atoms with Crippen molar-refractivity contribution >= 4 is 23.6 Å². The van der Waals surface area contributed by atoms with Crippen LogP contribution in [0.1, 0.15) is 6.92 Å². The van der Waals surface area contributed by atoms with Crippen LogP contribution in [0.4, 0.5) is 10.5 Å². The molecule has 1 N–H and O–H groups in total. The molecular weight excluding hydrogens is 314 g/mol. The molecule has 0 aliphatic heterocycles. The van der Waals surface area contributed by atoms with E-state index in [1.165, 1.54) is 26.2 Å². The Bertz CT molecular complexity index is 591. The number of methoxy groups -OCH3 is 2. The second-order valence-corrected chi connectivity index (χ2v) is 4.98. The lowest BCUT2D eigenvalue weighted by Crippen LogP contribution is -2.44. The van der Waals surface area contributed by atoms with Gasteiger partial charge in [0, 0.05) is 13.6 Å². The number of carbonyl (C=O) groups is 3. The van der Waals surface area contributed by atoms with Gasteiger partial charge in [-0.05, 0) is 19.1 Å². The second-order valence-electron chi connectivity index (χ2n) is 4.98. The quantitative estimate of drug-likeness (QED) is 0.807. The number of anilines is 1. The Labute approximate surface area is 141 Å². The van der Waals surface area contributed by atoms with Crippen LogP contribution in [-0.4, -0.2) is 68.6 Å². The van der Waals surface area contributed by atoms with Gasteiger partial charge in [-0.15, -0.1) is 0 Å². The van der Waals surface area contributed by atoms with E-state index in [9.17, 15) is 14.4 Å². The Balaban J connectivity index is 2.65. The van der Waals surface area contributed by atoms with Crippen molar-refractivity contribution in [3.05, 3.63) is 24.3 Å². The fraction of sp³-hybridized carbons (Fsp3) is 0.438. The fourth-order valence-corrected chi connectivity index (χ4v) is 2.01. The smallest absolute Gasteiger partial charge is 0.409 e. The molecule has 0 saturated carbocycles. The summed E-state index contributed by atoms with van der Waals surface area (Å²) in [6, 6.07) is 6.99. The summed E-state index contributed by atoms with van der Waals surface area (Å²) in [5, 5.41) is 2.71. The molecule has 0 bridgehead atoms. The average Bonchev–Trinajstić information content (AvgIpc) is 2.59. The van der Waals surface area contributed by atoms with Crippen LogP contribution in [0.2, 0.25) is 0 Å². The van der Waals surface area contributed by atoms with Gasteiger partial charge in [0.1, 0.15) is 12.3 Å². The minimum absolute atomic E-state index is 0.123. The van der Waals surface area contributed by atoms with Crippen LogP contribution in [0.3, 0.4) is 0 Å². The lowest BCUT2D eigenvalue weighted by Gasteiger charge is -2.23. The zero-order valence-electron chi connectivity index (χ0n) is 14.4. The van der Waals surface area contributed by atoms with Crippen LogP contribution in [0, 0.1) is 0 Å². The number of rotatable bonds is 7. The summed E-state index contributed by atoms with van der Waals surface area (Å²) in [6.07, 6.45) is -0.613. The normalized spacial score (nSPS) is 9.83. The number of ether oxygens (including phenoxy) is 2. The lowest BCUT2D eigenvalue weighted by atomic mass is 10.3. The lowest BCUT2D eigenvalue weighted by molar-refractivity contribution is -0.135. The highest BCUT2D eigenvalue weighted by molar-refractivity contribution is 5.96. The van der Waals surface area contributed by atoms with Gasteiger partial charge in [0.2, 0.25) is 11.8 Å². The topological polar surface area (TPSA) is 88.2 Å². The number of nitrogens with zero attached hydrogens (tertiary/aromatic N) is 2. The third-order valence-corrected chi connectivity index (χ3v) is 3.31. The van der Waals surface area contributed by atoms with Crippen molar-refractivity contribution in [1.29, 1.82) is 0 Å². The molecule has 1 aromatic carbocycles. The van der Waals surface area contributed by atoms with Crippen molar-refractivity contribution in [2.24, 2.45) is 0 Å². The summed E-state index contributed by atoms with van der Waals surface area (Å²) in [5.74, 6) is -0.165. The van der Waals surface area contributed by atoms with Crippen LogP contribution in [0.25, 0.3) is 0 Å². The number of benzene rings is 1. The number of likely N-dealkylation sites (N-methyl/N-ethyl adjacent to an activating group) is 2. The zero-order valence-corrected chi connectivity index (χ0v) is 14.4. The molecule has 8 nitrogen and oxygen atoms in total. The fourth-order valence-electron chi connectivity index (χ4n) is 2.01. The highest BCUT2D eigenvalue weighted by Crippen LogP contribution is 2.22. The third-order valence-electron chi connectivity index (χ3n) is 3.31. The van der Waals surface area contributed by atoms with Crippen molar-refractivity contribution in [2.45, 2.75) is 6.92 Å².